The van der Waals surface area contributed by atoms with Gasteiger partial charge in [0.05, 0.1) is 10.7 Å². The Labute approximate surface area is 219 Å². The Hall–Kier alpha value is -3.74. The summed E-state index contributed by atoms with van der Waals surface area (Å²) in [7, 11) is 0. The molecule has 0 spiro atoms. The van der Waals surface area contributed by atoms with Crippen LogP contribution in [0.5, 0.6) is 0 Å². The first-order valence-electron chi connectivity index (χ1n) is 11.7. The van der Waals surface area contributed by atoms with Gasteiger partial charge in [-0.05, 0) is 83.4 Å². The summed E-state index contributed by atoms with van der Waals surface area (Å²) in [5, 5.41) is 8.39. The van der Waals surface area contributed by atoms with Gasteiger partial charge in [0.15, 0.2) is 10.7 Å². The smallest absolute Gasteiger partial charge is 0.257 e. The topological polar surface area (TPSA) is 67.2 Å². The minimum Gasteiger partial charge on any atom is -0.436 e. The van der Waals surface area contributed by atoms with Gasteiger partial charge in [0.2, 0.25) is 5.89 Å². The standard InChI is InChI=1S/C29H24ClN3O2S/c1-3-17(2)19-11-13-26-25(15-19)31-28(35-26)22-10-12-23(30)24(16-22)32-29(36)33-27(34)21-9-8-18-6-4-5-7-20(18)14-21/h4-17H,3H2,1-2H3,(H2,32,33,34,36)/t17-/m1/s1. The summed E-state index contributed by atoms with van der Waals surface area (Å²) in [6, 6.07) is 24.9. The molecule has 0 bridgehead atoms. The van der Waals surface area contributed by atoms with Crippen LogP contribution in [0.4, 0.5) is 5.69 Å². The number of nitrogens with one attached hydrogen (secondary N) is 2. The van der Waals surface area contributed by atoms with E-state index in [1.165, 1.54) is 5.56 Å². The summed E-state index contributed by atoms with van der Waals surface area (Å²) in [4.78, 5) is 17.4. The Morgan fingerprint density at radius 2 is 1.83 bits per heavy atom. The minimum atomic E-state index is -0.304. The van der Waals surface area contributed by atoms with Crippen LogP contribution in [-0.2, 0) is 0 Å². The average molecular weight is 514 g/mol. The van der Waals surface area contributed by atoms with Crippen molar-refractivity contribution in [1.82, 2.24) is 10.3 Å². The van der Waals surface area contributed by atoms with Gasteiger partial charge in [0.1, 0.15) is 5.52 Å². The van der Waals surface area contributed by atoms with Crippen LogP contribution in [0.1, 0.15) is 42.1 Å². The van der Waals surface area contributed by atoms with Crippen LogP contribution in [-0.4, -0.2) is 16.0 Å². The number of rotatable bonds is 5. The molecule has 5 rings (SSSR count). The van der Waals surface area contributed by atoms with Crippen LogP contribution in [0.25, 0.3) is 33.3 Å². The molecule has 0 aliphatic rings. The van der Waals surface area contributed by atoms with Crippen LogP contribution in [0.3, 0.4) is 0 Å². The van der Waals surface area contributed by atoms with Crippen LogP contribution >= 0.6 is 23.8 Å². The molecular weight excluding hydrogens is 490 g/mol. The highest BCUT2D eigenvalue weighted by atomic mass is 35.5. The normalized spacial score (nSPS) is 12.0. The van der Waals surface area contributed by atoms with Crippen molar-refractivity contribution in [2.24, 2.45) is 0 Å². The first-order valence-corrected chi connectivity index (χ1v) is 12.5. The Morgan fingerprint density at radius 3 is 2.64 bits per heavy atom. The van der Waals surface area contributed by atoms with E-state index in [1.807, 2.05) is 48.5 Å². The molecule has 180 valence electrons. The van der Waals surface area contributed by atoms with Gasteiger partial charge in [0.25, 0.3) is 5.91 Å². The van der Waals surface area contributed by atoms with Crippen molar-refractivity contribution in [1.29, 1.82) is 0 Å². The number of thiocarbonyl (C=S) groups is 1. The Balaban J connectivity index is 1.34. The molecule has 4 aromatic carbocycles. The van der Waals surface area contributed by atoms with E-state index in [1.54, 1.807) is 18.2 Å². The highest BCUT2D eigenvalue weighted by Crippen LogP contribution is 2.32. The lowest BCUT2D eigenvalue weighted by Gasteiger charge is -2.12. The van der Waals surface area contributed by atoms with E-state index in [2.05, 4.69) is 41.6 Å². The molecule has 1 heterocycles. The lowest BCUT2D eigenvalue weighted by atomic mass is 9.98. The van der Waals surface area contributed by atoms with Gasteiger partial charge in [-0.3, -0.25) is 10.1 Å². The molecule has 1 amide bonds. The molecule has 5 nitrogen and oxygen atoms in total. The fourth-order valence-electron chi connectivity index (χ4n) is 4.02. The molecule has 36 heavy (non-hydrogen) atoms. The molecule has 2 N–H and O–H groups in total. The Morgan fingerprint density at radius 1 is 1.03 bits per heavy atom. The zero-order valence-corrected chi connectivity index (χ0v) is 21.4. The molecule has 0 unspecified atom stereocenters. The molecule has 0 radical (unpaired) electrons. The maximum absolute atomic E-state index is 12.8. The largest absolute Gasteiger partial charge is 0.436 e. The molecular formula is C29H24ClN3O2S. The minimum absolute atomic E-state index is 0.142. The van der Waals surface area contributed by atoms with E-state index < -0.39 is 0 Å². The van der Waals surface area contributed by atoms with Gasteiger partial charge in [-0.15, -0.1) is 0 Å². The van der Waals surface area contributed by atoms with E-state index >= 15 is 0 Å². The fraction of sp³-hybridized carbons (Fsp3) is 0.138. The number of amides is 1. The fourth-order valence-corrected chi connectivity index (χ4v) is 4.39. The van der Waals surface area contributed by atoms with Gasteiger partial charge >= 0.3 is 0 Å². The lowest BCUT2D eigenvalue weighted by Crippen LogP contribution is -2.34. The zero-order valence-electron chi connectivity index (χ0n) is 19.8. The van der Waals surface area contributed by atoms with Crippen molar-refractivity contribution >= 4 is 62.4 Å². The van der Waals surface area contributed by atoms with Gasteiger partial charge in [-0.2, -0.15) is 0 Å². The first-order chi connectivity index (χ1) is 17.4. The number of aromatic nitrogens is 1. The molecule has 5 aromatic rings. The van der Waals surface area contributed by atoms with E-state index in [0.717, 1.165) is 33.9 Å². The molecule has 1 atom stereocenters. The Kier molecular flexibility index (Phi) is 6.72. The highest BCUT2D eigenvalue weighted by molar-refractivity contribution is 7.80. The van der Waals surface area contributed by atoms with E-state index in [-0.39, 0.29) is 11.0 Å². The molecule has 1 aromatic heterocycles. The van der Waals surface area contributed by atoms with Crippen LogP contribution in [0.15, 0.2) is 83.3 Å². The number of hydrogen-bond acceptors (Lipinski definition) is 4. The van der Waals surface area contributed by atoms with Crippen molar-refractivity contribution in [3.8, 4) is 11.5 Å². The number of nitrogens with zero attached hydrogens (tertiary/aromatic N) is 1. The van der Waals surface area contributed by atoms with Gasteiger partial charge < -0.3 is 9.73 Å². The lowest BCUT2D eigenvalue weighted by molar-refractivity contribution is 0.0978. The molecule has 0 aliphatic heterocycles. The van der Waals surface area contributed by atoms with Crippen molar-refractivity contribution in [2.45, 2.75) is 26.2 Å². The maximum Gasteiger partial charge on any atom is 0.257 e. The van der Waals surface area contributed by atoms with Crippen molar-refractivity contribution < 1.29 is 9.21 Å². The summed E-state index contributed by atoms with van der Waals surface area (Å²) < 4.78 is 6.00. The predicted molar refractivity (Wildman–Crippen MR) is 151 cm³/mol. The molecule has 0 aliphatic carbocycles. The van der Waals surface area contributed by atoms with Crippen LogP contribution < -0.4 is 10.6 Å². The number of carbonyl (C=O) groups is 1. The van der Waals surface area contributed by atoms with E-state index in [4.69, 9.17) is 28.2 Å². The van der Waals surface area contributed by atoms with Gasteiger partial charge in [-0.1, -0.05) is 61.8 Å². The number of carbonyl (C=O) groups excluding carboxylic acids is 1. The summed E-state index contributed by atoms with van der Waals surface area (Å²) in [5.41, 5.74) is 4.56. The number of fused-ring (bicyclic) bond motifs is 2. The molecule has 7 heteroatoms. The number of oxazole rings is 1. The van der Waals surface area contributed by atoms with Crippen LogP contribution in [0, 0.1) is 0 Å². The number of halogens is 1. The summed E-state index contributed by atoms with van der Waals surface area (Å²) in [5.74, 6) is 0.630. The highest BCUT2D eigenvalue weighted by Gasteiger charge is 2.14. The zero-order chi connectivity index (χ0) is 25.2. The third-order valence-corrected chi connectivity index (χ3v) is 6.83. The summed E-state index contributed by atoms with van der Waals surface area (Å²) in [6.45, 7) is 4.36. The monoisotopic (exact) mass is 513 g/mol. The van der Waals surface area contributed by atoms with Crippen LogP contribution in [0.2, 0.25) is 5.02 Å². The average Bonchev–Trinajstić information content (AvgIpc) is 3.32. The molecule has 0 fully saturated rings. The molecule has 0 saturated carbocycles. The third kappa shape index (κ3) is 4.96. The van der Waals surface area contributed by atoms with Crippen molar-refractivity contribution in [3.05, 3.63) is 95.0 Å². The molecule has 0 saturated heterocycles. The van der Waals surface area contributed by atoms with Crippen molar-refractivity contribution in [3.63, 3.8) is 0 Å². The second kappa shape index (κ2) is 10.1. The predicted octanol–water partition coefficient (Wildman–Crippen LogP) is 7.94. The first kappa shape index (κ1) is 24.0. The van der Waals surface area contributed by atoms with Gasteiger partial charge in [0, 0.05) is 11.1 Å². The quantitative estimate of drug-likeness (QED) is 0.233. The van der Waals surface area contributed by atoms with E-state index in [0.29, 0.717) is 28.1 Å². The third-order valence-electron chi connectivity index (χ3n) is 6.29. The number of benzene rings is 4. The second-order valence-electron chi connectivity index (χ2n) is 8.72. The summed E-state index contributed by atoms with van der Waals surface area (Å²) >= 11 is 11.8. The van der Waals surface area contributed by atoms with Gasteiger partial charge in [-0.25, -0.2) is 4.98 Å². The van der Waals surface area contributed by atoms with Crippen molar-refractivity contribution in [2.75, 3.05) is 5.32 Å². The maximum atomic E-state index is 12.8. The van der Waals surface area contributed by atoms with E-state index in [9.17, 15) is 4.79 Å². The number of anilines is 1. The number of hydrogen-bond donors (Lipinski definition) is 2. The SMILES string of the molecule is CC[C@@H](C)c1ccc2oc(-c3ccc(Cl)c(NC(=S)NC(=O)c4ccc5ccccc5c4)c3)nc2c1. The Bertz CT molecular complexity index is 1610. The summed E-state index contributed by atoms with van der Waals surface area (Å²) in [6.07, 6.45) is 1.06. The second-order valence-corrected chi connectivity index (χ2v) is 9.54.